The molecule has 4 rings (SSSR count). The Morgan fingerprint density at radius 3 is 1.08 bits per heavy atom. The van der Waals surface area contributed by atoms with Gasteiger partial charge in [-0.1, -0.05) is 13.2 Å². The van der Waals surface area contributed by atoms with Crippen LogP contribution in [-0.2, 0) is 47.7 Å². The van der Waals surface area contributed by atoms with Crippen LogP contribution in [0.25, 0.3) is 0 Å². The van der Waals surface area contributed by atoms with E-state index < -0.39 is 41.8 Å². The fourth-order valence-electron chi connectivity index (χ4n) is 7.34. The Kier molecular flexibility index (Phi) is 23.0. The number of aliphatic hydroxyl groups is 1. The maximum atomic E-state index is 12.8. The summed E-state index contributed by atoms with van der Waals surface area (Å²) in [6, 6.07) is 13.7. The standard InChI is InChI=1S/C49H64O15/c1-3-44(51)59-31-11-7-5-9-29-57-40-21-25-42(26-22-40)63-48(55)37-17-13-35(14-18-37)46(53)61-33-39(50)34-62-47(54)36-15-19-38(20-16-36)49(56)64-43-27-23-41(24-28-43)58-30-10-6-8-12-32-60-45(52)4-2/h3-4,21-28,35-39,50H,1-2,5-20,29-34H2. The highest BCUT2D eigenvalue weighted by molar-refractivity contribution is 5.81. The van der Waals surface area contributed by atoms with Gasteiger partial charge in [0.15, 0.2) is 0 Å². The van der Waals surface area contributed by atoms with Gasteiger partial charge in [-0.15, -0.1) is 0 Å². The average Bonchev–Trinajstić information content (AvgIpc) is 3.32. The number of esters is 6. The van der Waals surface area contributed by atoms with Crippen molar-refractivity contribution >= 4 is 35.8 Å². The first-order chi connectivity index (χ1) is 31.0. The number of benzene rings is 2. The molecule has 0 bridgehead atoms. The van der Waals surface area contributed by atoms with Gasteiger partial charge in [0, 0.05) is 12.2 Å². The lowest BCUT2D eigenvalue weighted by Crippen LogP contribution is -2.33. The molecule has 2 aromatic rings. The topological polar surface area (TPSA) is 196 Å². The predicted molar refractivity (Wildman–Crippen MR) is 233 cm³/mol. The predicted octanol–water partition coefficient (Wildman–Crippen LogP) is 7.59. The quantitative estimate of drug-likeness (QED) is 0.0288. The molecule has 15 nitrogen and oxygen atoms in total. The van der Waals surface area contributed by atoms with Gasteiger partial charge in [0.05, 0.1) is 50.1 Å². The molecule has 15 heteroatoms. The molecule has 2 aromatic carbocycles. The summed E-state index contributed by atoms with van der Waals surface area (Å²) < 4.78 is 43.3. The summed E-state index contributed by atoms with van der Waals surface area (Å²) >= 11 is 0. The molecule has 2 saturated carbocycles. The maximum absolute atomic E-state index is 12.8. The van der Waals surface area contributed by atoms with Crippen LogP contribution in [0.5, 0.6) is 23.0 Å². The summed E-state index contributed by atoms with van der Waals surface area (Å²) in [5.41, 5.74) is 0. The Bertz CT molecular complexity index is 1640. The number of aliphatic hydroxyl groups excluding tert-OH is 1. The van der Waals surface area contributed by atoms with E-state index in [2.05, 4.69) is 13.2 Å². The summed E-state index contributed by atoms with van der Waals surface area (Å²) in [5.74, 6) is -1.89. The molecule has 2 fully saturated rings. The molecule has 64 heavy (non-hydrogen) atoms. The van der Waals surface area contributed by atoms with Crippen LogP contribution in [0.2, 0.25) is 0 Å². The van der Waals surface area contributed by atoms with Crippen molar-refractivity contribution in [3.8, 4) is 23.0 Å². The maximum Gasteiger partial charge on any atom is 0.330 e. The fraction of sp³-hybridized carbons (Fsp3) is 0.551. The molecule has 0 saturated heterocycles. The highest BCUT2D eigenvalue weighted by Gasteiger charge is 2.34. The molecule has 0 aliphatic heterocycles. The molecule has 2 aliphatic carbocycles. The number of carbonyl (C=O) groups is 6. The van der Waals surface area contributed by atoms with E-state index in [4.69, 9.17) is 37.9 Å². The molecular formula is C49H64O15. The van der Waals surface area contributed by atoms with Crippen LogP contribution in [0, 0.1) is 23.7 Å². The number of ether oxygens (including phenoxy) is 8. The van der Waals surface area contributed by atoms with Crippen molar-refractivity contribution in [2.45, 2.75) is 109 Å². The Morgan fingerprint density at radius 2 is 0.750 bits per heavy atom. The first kappa shape index (κ1) is 50.9. The first-order valence-corrected chi connectivity index (χ1v) is 22.5. The van der Waals surface area contributed by atoms with E-state index in [1.807, 2.05) is 0 Å². The molecule has 0 atom stereocenters. The minimum absolute atomic E-state index is 0.327. The Hall–Kier alpha value is -5.70. The summed E-state index contributed by atoms with van der Waals surface area (Å²) in [6.45, 7) is 7.90. The Labute approximate surface area is 375 Å². The van der Waals surface area contributed by atoms with Crippen molar-refractivity contribution in [2.75, 3.05) is 39.6 Å². The smallest absolute Gasteiger partial charge is 0.330 e. The zero-order valence-electron chi connectivity index (χ0n) is 36.8. The van der Waals surface area contributed by atoms with Gasteiger partial charge in [-0.05, 0) is 151 Å². The number of hydrogen-bond donors (Lipinski definition) is 1. The normalized spacial score (nSPS) is 18.6. The molecule has 350 valence electrons. The molecule has 0 radical (unpaired) electrons. The van der Waals surface area contributed by atoms with Gasteiger partial charge in [0.2, 0.25) is 0 Å². The minimum Gasteiger partial charge on any atom is -0.494 e. The molecule has 0 heterocycles. The zero-order valence-corrected chi connectivity index (χ0v) is 36.8. The van der Waals surface area contributed by atoms with Crippen LogP contribution in [0.1, 0.15) is 103 Å². The molecule has 0 spiro atoms. The van der Waals surface area contributed by atoms with E-state index in [-0.39, 0.29) is 37.0 Å². The van der Waals surface area contributed by atoms with Crippen molar-refractivity contribution in [3.63, 3.8) is 0 Å². The third kappa shape index (κ3) is 19.4. The Balaban J connectivity index is 1.01. The van der Waals surface area contributed by atoms with Crippen molar-refractivity contribution < 1.29 is 71.8 Å². The molecule has 0 unspecified atom stereocenters. The van der Waals surface area contributed by atoms with Gasteiger partial charge in [0.1, 0.15) is 42.3 Å². The van der Waals surface area contributed by atoms with Crippen LogP contribution in [0.4, 0.5) is 0 Å². The summed E-state index contributed by atoms with van der Waals surface area (Å²) in [7, 11) is 0. The Morgan fingerprint density at radius 1 is 0.453 bits per heavy atom. The second-order valence-electron chi connectivity index (χ2n) is 16.1. The van der Waals surface area contributed by atoms with Gasteiger partial charge in [-0.3, -0.25) is 19.2 Å². The number of carbonyl (C=O) groups excluding carboxylic acids is 6. The summed E-state index contributed by atoms with van der Waals surface area (Å²) in [5, 5.41) is 10.4. The monoisotopic (exact) mass is 892 g/mol. The van der Waals surface area contributed by atoms with Crippen LogP contribution >= 0.6 is 0 Å². The zero-order chi connectivity index (χ0) is 45.9. The van der Waals surface area contributed by atoms with Crippen molar-refractivity contribution in [3.05, 3.63) is 73.8 Å². The largest absolute Gasteiger partial charge is 0.494 e. The SMILES string of the molecule is C=CC(=O)OCCCCCCOc1ccc(OC(=O)C2CCC(C(=O)OCC(O)COC(=O)C3CCC(C(=O)Oc4ccc(OCCCCCCOC(=O)C=C)cc4)CC3)CC2)cc1. The van der Waals surface area contributed by atoms with Gasteiger partial charge in [-0.25, -0.2) is 9.59 Å². The van der Waals surface area contributed by atoms with Crippen molar-refractivity contribution in [1.82, 2.24) is 0 Å². The fourth-order valence-corrected chi connectivity index (χ4v) is 7.34. The lowest BCUT2D eigenvalue weighted by molar-refractivity contribution is -0.160. The first-order valence-electron chi connectivity index (χ1n) is 22.5. The van der Waals surface area contributed by atoms with Gasteiger partial charge in [-0.2, -0.15) is 0 Å². The van der Waals surface area contributed by atoms with Gasteiger partial charge < -0.3 is 43.0 Å². The van der Waals surface area contributed by atoms with Crippen LogP contribution in [0.3, 0.4) is 0 Å². The van der Waals surface area contributed by atoms with E-state index in [1.165, 1.54) is 0 Å². The molecule has 1 N–H and O–H groups in total. The van der Waals surface area contributed by atoms with Crippen LogP contribution < -0.4 is 18.9 Å². The number of hydrogen-bond acceptors (Lipinski definition) is 15. The lowest BCUT2D eigenvalue weighted by atomic mass is 9.82. The van der Waals surface area contributed by atoms with Gasteiger partial charge >= 0.3 is 35.8 Å². The van der Waals surface area contributed by atoms with Gasteiger partial charge in [0.25, 0.3) is 0 Å². The van der Waals surface area contributed by atoms with Crippen LogP contribution in [0.15, 0.2) is 73.8 Å². The number of unbranched alkanes of at least 4 members (excludes halogenated alkanes) is 6. The number of rotatable bonds is 28. The van der Waals surface area contributed by atoms with E-state index >= 15 is 0 Å². The molecule has 0 aromatic heterocycles. The van der Waals surface area contributed by atoms with Crippen molar-refractivity contribution in [2.24, 2.45) is 23.7 Å². The van der Waals surface area contributed by atoms with E-state index in [0.717, 1.165) is 63.5 Å². The highest BCUT2D eigenvalue weighted by atomic mass is 16.6. The average molecular weight is 893 g/mol. The summed E-state index contributed by atoms with van der Waals surface area (Å²) in [4.78, 5) is 73.3. The van der Waals surface area contributed by atoms with Crippen molar-refractivity contribution in [1.29, 1.82) is 0 Å². The molecule has 0 amide bonds. The van der Waals surface area contributed by atoms with E-state index in [1.54, 1.807) is 48.5 Å². The lowest BCUT2D eigenvalue weighted by Gasteiger charge is -2.27. The summed E-state index contributed by atoms with van der Waals surface area (Å²) in [6.07, 6.45) is 11.7. The third-order valence-electron chi connectivity index (χ3n) is 11.1. The second kappa shape index (κ2) is 28.9. The molecular weight excluding hydrogens is 829 g/mol. The molecule has 2 aliphatic rings. The van der Waals surface area contributed by atoms with E-state index in [0.29, 0.717) is 101 Å². The second-order valence-corrected chi connectivity index (χ2v) is 16.1. The van der Waals surface area contributed by atoms with Crippen LogP contribution in [-0.4, -0.2) is 86.7 Å². The highest BCUT2D eigenvalue weighted by Crippen LogP contribution is 2.33. The third-order valence-corrected chi connectivity index (χ3v) is 11.1. The van der Waals surface area contributed by atoms with E-state index in [9.17, 15) is 33.9 Å². The minimum atomic E-state index is -1.20.